The molecule has 0 bridgehead atoms. The molecule has 1 saturated carbocycles. The Kier molecular flexibility index (Phi) is 9.44. The van der Waals surface area contributed by atoms with Crippen LogP contribution in [0.3, 0.4) is 0 Å². The number of hydrogen-bond donors (Lipinski definition) is 1. The zero-order chi connectivity index (χ0) is 26.5. The second-order valence-corrected chi connectivity index (χ2v) is 14.4. The number of carbonyl (C=O) groups is 1. The minimum Gasteiger partial charge on any atom is -0.351 e. The van der Waals surface area contributed by atoms with Crippen LogP contribution in [-0.4, -0.2) is 57.0 Å². The van der Waals surface area contributed by atoms with Gasteiger partial charge in [-0.1, -0.05) is 53.7 Å². The topological polar surface area (TPSA) is 104 Å². The van der Waals surface area contributed by atoms with Gasteiger partial charge in [0.2, 0.25) is 26.0 Å². The van der Waals surface area contributed by atoms with E-state index in [9.17, 15) is 21.6 Å². The number of rotatable bonds is 9. The fraction of sp³-hybridized carbons (Fsp3) is 0.500. The summed E-state index contributed by atoms with van der Waals surface area (Å²) in [5.74, 6) is -0.392. The van der Waals surface area contributed by atoms with Crippen molar-refractivity contribution in [1.82, 2.24) is 13.9 Å². The lowest BCUT2D eigenvalue weighted by Crippen LogP contribution is -2.46. The number of sulfonamides is 2. The van der Waals surface area contributed by atoms with Crippen molar-refractivity contribution in [3.05, 3.63) is 58.6 Å². The highest BCUT2D eigenvalue weighted by molar-refractivity contribution is 9.10. The fourth-order valence-corrected chi connectivity index (χ4v) is 8.38. The van der Waals surface area contributed by atoms with Gasteiger partial charge >= 0.3 is 0 Å². The minimum atomic E-state index is -3.85. The summed E-state index contributed by atoms with van der Waals surface area (Å²) in [7, 11) is -7.36. The van der Waals surface area contributed by atoms with E-state index >= 15 is 0 Å². The molecule has 8 nitrogen and oxygen atoms in total. The summed E-state index contributed by atoms with van der Waals surface area (Å²) >= 11 is 3.34. The number of hydrogen-bond acceptors (Lipinski definition) is 5. The van der Waals surface area contributed by atoms with Gasteiger partial charge in [0.25, 0.3) is 0 Å². The van der Waals surface area contributed by atoms with Crippen molar-refractivity contribution >= 4 is 41.9 Å². The monoisotopic (exact) mass is 611 g/mol. The molecular weight excluding hydrogens is 578 g/mol. The average Bonchev–Trinajstić information content (AvgIpc) is 2.92. The van der Waals surface area contributed by atoms with Crippen LogP contribution in [0.15, 0.2) is 62.8 Å². The molecule has 1 saturated heterocycles. The van der Waals surface area contributed by atoms with Crippen LogP contribution in [0.1, 0.15) is 56.9 Å². The highest BCUT2D eigenvalue weighted by Gasteiger charge is 2.34. The molecule has 0 spiro atoms. The molecule has 0 atom stereocenters. The van der Waals surface area contributed by atoms with E-state index in [1.54, 1.807) is 48.5 Å². The lowest BCUT2D eigenvalue weighted by atomic mass is 9.95. The van der Waals surface area contributed by atoms with Crippen LogP contribution in [0, 0.1) is 0 Å². The van der Waals surface area contributed by atoms with E-state index in [1.165, 1.54) is 8.61 Å². The summed E-state index contributed by atoms with van der Waals surface area (Å²) in [6.45, 7) is 1.01. The van der Waals surface area contributed by atoms with Crippen molar-refractivity contribution in [3.8, 4) is 0 Å². The number of piperidine rings is 1. The van der Waals surface area contributed by atoms with Crippen molar-refractivity contribution in [2.75, 3.05) is 19.6 Å². The molecule has 2 fully saturated rings. The van der Waals surface area contributed by atoms with Crippen molar-refractivity contribution in [2.45, 2.75) is 73.7 Å². The van der Waals surface area contributed by atoms with Gasteiger partial charge in [0.15, 0.2) is 0 Å². The van der Waals surface area contributed by atoms with Crippen LogP contribution in [-0.2, 0) is 31.4 Å². The molecule has 0 unspecified atom stereocenters. The zero-order valence-corrected chi connectivity index (χ0v) is 24.0. The van der Waals surface area contributed by atoms with Gasteiger partial charge in [0, 0.05) is 30.1 Å². The van der Waals surface area contributed by atoms with E-state index < -0.39 is 26.0 Å². The van der Waals surface area contributed by atoms with Crippen LogP contribution in [0.5, 0.6) is 0 Å². The first kappa shape index (κ1) is 28.2. The van der Waals surface area contributed by atoms with E-state index in [0.717, 1.165) is 61.4 Å². The summed E-state index contributed by atoms with van der Waals surface area (Å²) in [4.78, 5) is 13.3. The number of carbonyl (C=O) groups excluding carboxylic acids is 1. The number of amides is 1. The molecule has 1 N–H and O–H groups in total. The third-order valence-corrected chi connectivity index (χ3v) is 11.4. The fourth-order valence-electron chi connectivity index (χ4n) is 4.95. The Morgan fingerprint density at radius 1 is 0.838 bits per heavy atom. The van der Waals surface area contributed by atoms with Gasteiger partial charge in [-0.05, 0) is 67.6 Å². The largest absolute Gasteiger partial charge is 0.351 e. The normalized spacial score (nSPS) is 18.1. The molecule has 1 heterocycles. The number of nitrogens with zero attached hydrogens (tertiary/aromatic N) is 2. The summed E-state index contributed by atoms with van der Waals surface area (Å²) in [6, 6.07) is 12.8. The second kappa shape index (κ2) is 12.4. The van der Waals surface area contributed by atoms with Crippen LogP contribution in [0.2, 0.25) is 0 Å². The van der Waals surface area contributed by atoms with Crippen molar-refractivity contribution < 1.29 is 21.6 Å². The average molecular weight is 613 g/mol. The molecule has 2 aromatic carbocycles. The standard InChI is InChI=1S/C26H34BrN3O5S2/c27-22-11-15-25(16-12-22)37(34,35)30(23-7-3-1-4-8-23)20-26(31)28-19-21-9-13-24(14-10-21)36(32,33)29-17-5-2-6-18-29/h9-16,23H,1-8,17-20H2,(H,28,31). The van der Waals surface area contributed by atoms with Crippen molar-refractivity contribution in [1.29, 1.82) is 0 Å². The second-order valence-electron chi connectivity index (χ2n) is 9.68. The predicted octanol–water partition coefficient (Wildman–Crippen LogP) is 4.26. The highest BCUT2D eigenvalue weighted by atomic mass is 79.9. The Labute approximate surface area is 228 Å². The van der Waals surface area contributed by atoms with Gasteiger partial charge in [-0.2, -0.15) is 8.61 Å². The zero-order valence-electron chi connectivity index (χ0n) is 20.8. The first-order valence-electron chi connectivity index (χ1n) is 12.8. The molecule has 2 aliphatic rings. The van der Waals surface area contributed by atoms with E-state index in [-0.39, 0.29) is 28.9 Å². The van der Waals surface area contributed by atoms with Crippen LogP contribution in [0.25, 0.3) is 0 Å². The summed E-state index contributed by atoms with van der Waals surface area (Å²) < 4.78 is 56.3. The van der Waals surface area contributed by atoms with Gasteiger partial charge in [-0.25, -0.2) is 16.8 Å². The van der Waals surface area contributed by atoms with Gasteiger partial charge < -0.3 is 5.32 Å². The first-order valence-corrected chi connectivity index (χ1v) is 16.5. The van der Waals surface area contributed by atoms with Gasteiger partial charge in [0.05, 0.1) is 16.3 Å². The molecule has 1 aliphatic carbocycles. The molecule has 1 aliphatic heterocycles. The van der Waals surface area contributed by atoms with Gasteiger partial charge in [-0.15, -0.1) is 0 Å². The van der Waals surface area contributed by atoms with Crippen molar-refractivity contribution in [3.63, 3.8) is 0 Å². The van der Waals surface area contributed by atoms with Crippen LogP contribution in [0.4, 0.5) is 0 Å². The van der Waals surface area contributed by atoms with Crippen molar-refractivity contribution in [2.24, 2.45) is 0 Å². The molecule has 1 amide bonds. The molecule has 11 heteroatoms. The van der Waals surface area contributed by atoms with E-state index in [1.807, 2.05) is 0 Å². The third kappa shape index (κ3) is 7.00. The first-order chi connectivity index (χ1) is 17.7. The number of nitrogens with one attached hydrogen (secondary N) is 1. The Morgan fingerprint density at radius 2 is 1.41 bits per heavy atom. The maximum Gasteiger partial charge on any atom is 0.243 e. The van der Waals surface area contributed by atoms with Crippen LogP contribution >= 0.6 is 15.9 Å². The highest BCUT2D eigenvalue weighted by Crippen LogP contribution is 2.28. The van der Waals surface area contributed by atoms with Gasteiger partial charge in [0.1, 0.15) is 0 Å². The minimum absolute atomic E-state index is 0.166. The predicted molar refractivity (Wildman–Crippen MR) is 146 cm³/mol. The number of halogens is 1. The Balaban J connectivity index is 1.42. The molecule has 2 aromatic rings. The summed E-state index contributed by atoms with van der Waals surface area (Å²) in [5.41, 5.74) is 0.742. The van der Waals surface area contributed by atoms with E-state index in [0.29, 0.717) is 13.1 Å². The molecular formula is C26H34BrN3O5S2. The molecule has 37 heavy (non-hydrogen) atoms. The van der Waals surface area contributed by atoms with Crippen LogP contribution < -0.4 is 5.32 Å². The maximum absolute atomic E-state index is 13.5. The molecule has 4 rings (SSSR count). The summed E-state index contributed by atoms with van der Waals surface area (Å²) in [6.07, 6.45) is 7.20. The quantitative estimate of drug-likeness (QED) is 0.456. The molecule has 0 radical (unpaired) electrons. The Hall–Kier alpha value is -1.79. The summed E-state index contributed by atoms with van der Waals surface area (Å²) in [5, 5.41) is 2.81. The third-order valence-electron chi connectivity index (χ3n) is 7.07. The van der Waals surface area contributed by atoms with Gasteiger partial charge in [-0.3, -0.25) is 4.79 Å². The SMILES string of the molecule is O=C(CN(C1CCCCC1)S(=O)(=O)c1ccc(Br)cc1)NCc1ccc(S(=O)(=O)N2CCCCC2)cc1. The lowest BCUT2D eigenvalue weighted by molar-refractivity contribution is -0.121. The van der Waals surface area contributed by atoms with E-state index in [2.05, 4.69) is 21.2 Å². The Bertz CT molecular complexity index is 1270. The molecule has 0 aromatic heterocycles. The smallest absolute Gasteiger partial charge is 0.243 e. The number of benzene rings is 2. The maximum atomic E-state index is 13.5. The Morgan fingerprint density at radius 3 is 2.03 bits per heavy atom. The van der Waals surface area contributed by atoms with E-state index in [4.69, 9.17) is 0 Å². The lowest BCUT2D eigenvalue weighted by Gasteiger charge is -2.33. The molecule has 202 valence electrons.